The fourth-order valence-electron chi connectivity index (χ4n) is 7.02. The first-order chi connectivity index (χ1) is 16.9. The van der Waals surface area contributed by atoms with E-state index in [9.17, 15) is 9.90 Å². The Labute approximate surface area is 208 Å². The number of nitrogens with one attached hydrogen (secondary N) is 1. The van der Waals surface area contributed by atoms with Crippen LogP contribution in [-0.4, -0.2) is 35.0 Å². The summed E-state index contributed by atoms with van der Waals surface area (Å²) >= 11 is 0. The number of para-hydroxylation sites is 1. The molecule has 1 saturated heterocycles. The Hall–Kier alpha value is -3.11. The number of hydrogen-bond acceptors (Lipinski definition) is 3. The zero-order valence-corrected chi connectivity index (χ0v) is 20.6. The van der Waals surface area contributed by atoms with Gasteiger partial charge in [-0.15, -0.1) is 0 Å². The third-order valence-electron chi connectivity index (χ3n) is 9.39. The van der Waals surface area contributed by atoms with E-state index in [1.54, 1.807) is 0 Å². The number of likely N-dealkylation sites (tertiary alicyclic amines) is 1. The Morgan fingerprint density at radius 2 is 1.77 bits per heavy atom. The van der Waals surface area contributed by atoms with Crippen LogP contribution in [0.4, 0.5) is 5.69 Å². The molecule has 2 fully saturated rings. The number of rotatable bonds is 5. The van der Waals surface area contributed by atoms with Gasteiger partial charge in [-0.1, -0.05) is 68.4 Å². The Bertz CT molecular complexity index is 1240. The zero-order valence-electron chi connectivity index (χ0n) is 20.6. The van der Waals surface area contributed by atoms with Crippen LogP contribution in [0.5, 0.6) is 5.75 Å². The van der Waals surface area contributed by atoms with Gasteiger partial charge < -0.3 is 10.4 Å². The van der Waals surface area contributed by atoms with Crippen molar-refractivity contribution in [3.05, 3.63) is 95.6 Å². The van der Waals surface area contributed by atoms with Crippen LogP contribution in [0.25, 0.3) is 0 Å². The molecule has 3 aromatic carbocycles. The molecular formula is C31H34N2O2. The van der Waals surface area contributed by atoms with Crippen molar-refractivity contribution in [1.82, 2.24) is 4.90 Å². The number of fused-ring (bicyclic) bond motifs is 4. The summed E-state index contributed by atoms with van der Waals surface area (Å²) in [6, 6.07) is 26.5. The highest BCUT2D eigenvalue weighted by atomic mass is 16.3. The van der Waals surface area contributed by atoms with Gasteiger partial charge in [0.25, 0.3) is 0 Å². The molecule has 0 aromatic heterocycles. The highest BCUT2D eigenvalue weighted by molar-refractivity contribution is 6.02. The van der Waals surface area contributed by atoms with E-state index in [4.69, 9.17) is 0 Å². The molecule has 2 N–H and O–H groups in total. The van der Waals surface area contributed by atoms with Crippen LogP contribution >= 0.6 is 0 Å². The van der Waals surface area contributed by atoms with Gasteiger partial charge in [0.1, 0.15) is 5.75 Å². The summed E-state index contributed by atoms with van der Waals surface area (Å²) in [4.78, 5) is 16.4. The molecule has 1 amide bonds. The summed E-state index contributed by atoms with van der Waals surface area (Å²) in [5.74, 6) is 1.27. The number of aromatic hydroxyl groups is 1. The Morgan fingerprint density at radius 1 is 1.06 bits per heavy atom. The van der Waals surface area contributed by atoms with Crippen molar-refractivity contribution in [2.75, 3.05) is 18.4 Å². The van der Waals surface area contributed by atoms with E-state index in [0.717, 1.165) is 43.6 Å². The Kier molecular flexibility index (Phi) is 5.26. The summed E-state index contributed by atoms with van der Waals surface area (Å²) in [5, 5.41) is 13.3. The topological polar surface area (TPSA) is 52.6 Å². The second kappa shape index (κ2) is 8.23. The molecule has 180 valence electrons. The monoisotopic (exact) mass is 466 g/mol. The summed E-state index contributed by atoms with van der Waals surface area (Å²) in [6.07, 6.45) is 2.96. The molecule has 6 rings (SSSR count). The molecule has 2 aliphatic carbocycles. The highest BCUT2D eigenvalue weighted by Gasteiger charge is 2.62. The molecule has 2 bridgehead atoms. The molecule has 1 heterocycles. The van der Waals surface area contributed by atoms with Gasteiger partial charge in [-0.05, 0) is 84.0 Å². The minimum absolute atomic E-state index is 0.0816. The molecule has 1 aliphatic heterocycles. The fraction of sp³-hybridized carbons (Fsp3) is 0.387. The van der Waals surface area contributed by atoms with Gasteiger partial charge in [-0.25, -0.2) is 0 Å². The lowest BCUT2D eigenvalue weighted by Gasteiger charge is -2.55. The Balaban J connectivity index is 1.26. The molecular weight excluding hydrogens is 432 g/mol. The van der Waals surface area contributed by atoms with Crippen molar-refractivity contribution in [2.24, 2.45) is 11.8 Å². The van der Waals surface area contributed by atoms with E-state index < -0.39 is 5.41 Å². The third kappa shape index (κ3) is 3.58. The number of hydrogen-bond donors (Lipinski definition) is 2. The maximum absolute atomic E-state index is 13.7. The highest BCUT2D eigenvalue weighted by Crippen LogP contribution is 2.57. The summed E-state index contributed by atoms with van der Waals surface area (Å²) in [6.45, 7) is 6.72. The van der Waals surface area contributed by atoms with E-state index in [2.05, 4.69) is 42.3 Å². The maximum atomic E-state index is 13.7. The van der Waals surface area contributed by atoms with E-state index in [1.807, 2.05) is 60.7 Å². The van der Waals surface area contributed by atoms with Crippen molar-refractivity contribution < 1.29 is 9.90 Å². The summed E-state index contributed by atoms with van der Waals surface area (Å²) < 4.78 is 0. The van der Waals surface area contributed by atoms with Gasteiger partial charge in [-0.2, -0.15) is 0 Å². The predicted molar refractivity (Wildman–Crippen MR) is 140 cm³/mol. The Morgan fingerprint density at radius 3 is 2.51 bits per heavy atom. The number of carbonyl (C=O) groups excluding carboxylic acids is 1. The number of nitrogens with zero attached hydrogens (tertiary/aromatic N) is 1. The first kappa shape index (κ1) is 22.4. The normalized spacial score (nSPS) is 31.4. The molecule has 4 nitrogen and oxygen atoms in total. The molecule has 2 unspecified atom stereocenters. The third-order valence-corrected chi connectivity index (χ3v) is 9.39. The number of benzene rings is 3. The van der Waals surface area contributed by atoms with E-state index >= 15 is 0 Å². The number of piperidine rings is 1. The molecule has 3 aliphatic rings. The van der Waals surface area contributed by atoms with E-state index in [0.29, 0.717) is 23.6 Å². The molecule has 5 atom stereocenters. The van der Waals surface area contributed by atoms with Gasteiger partial charge in [-0.3, -0.25) is 9.69 Å². The maximum Gasteiger partial charge on any atom is 0.235 e. The number of phenolic OH excluding ortho intramolecular Hbond substituents is 1. The SMILES string of the molecule is C[C@H]1C2Cc3ccc(O)cc3[C@@]1(C)CCN2CC1C[C@@]1(C(=O)Nc1ccccc1)c1ccccc1. The van der Waals surface area contributed by atoms with Gasteiger partial charge in [0, 0.05) is 18.3 Å². The standard InChI is InChI=1S/C31H34N2O2/c1-21-28-17-22-13-14-26(34)18-27(22)30(21,2)15-16-33(28)20-24-19-31(24,23-9-5-3-6-10-23)29(35)32-25-11-7-4-8-12-25/h3-14,18,21,24,28,34H,15-17,19-20H2,1-2H3,(H,32,35)/t21-,24?,28?,30-,31+/m0/s1. The van der Waals surface area contributed by atoms with Crippen molar-refractivity contribution >= 4 is 11.6 Å². The number of carbonyl (C=O) groups is 1. The first-order valence-corrected chi connectivity index (χ1v) is 12.9. The van der Waals surface area contributed by atoms with E-state index in [1.165, 1.54) is 11.1 Å². The average Bonchev–Trinajstić information content (AvgIpc) is 3.60. The van der Waals surface area contributed by atoms with Gasteiger partial charge in [0.15, 0.2) is 0 Å². The van der Waals surface area contributed by atoms with Crippen LogP contribution in [0.3, 0.4) is 0 Å². The largest absolute Gasteiger partial charge is 0.508 e. The number of amides is 1. The lowest BCUT2D eigenvalue weighted by atomic mass is 9.59. The van der Waals surface area contributed by atoms with Crippen molar-refractivity contribution in [3.8, 4) is 5.75 Å². The van der Waals surface area contributed by atoms with Gasteiger partial charge >= 0.3 is 0 Å². The first-order valence-electron chi connectivity index (χ1n) is 12.9. The predicted octanol–water partition coefficient (Wildman–Crippen LogP) is 5.51. The van der Waals surface area contributed by atoms with Gasteiger partial charge in [0.05, 0.1) is 5.41 Å². The van der Waals surface area contributed by atoms with Crippen LogP contribution in [0.15, 0.2) is 78.9 Å². The van der Waals surface area contributed by atoms with Crippen LogP contribution < -0.4 is 5.32 Å². The molecule has 0 radical (unpaired) electrons. The minimum Gasteiger partial charge on any atom is -0.508 e. The lowest BCUT2D eigenvalue weighted by molar-refractivity contribution is -0.119. The number of anilines is 1. The average molecular weight is 467 g/mol. The molecule has 4 heteroatoms. The lowest BCUT2D eigenvalue weighted by Crippen LogP contribution is -2.58. The molecule has 0 spiro atoms. The second-order valence-electron chi connectivity index (χ2n) is 11.1. The summed E-state index contributed by atoms with van der Waals surface area (Å²) in [5.41, 5.74) is 4.28. The second-order valence-corrected chi connectivity index (χ2v) is 11.1. The van der Waals surface area contributed by atoms with Crippen LogP contribution in [0, 0.1) is 11.8 Å². The van der Waals surface area contributed by atoms with Crippen molar-refractivity contribution in [1.29, 1.82) is 0 Å². The van der Waals surface area contributed by atoms with Crippen LogP contribution in [0.1, 0.15) is 43.4 Å². The van der Waals surface area contributed by atoms with Crippen molar-refractivity contribution in [3.63, 3.8) is 0 Å². The summed E-state index contributed by atoms with van der Waals surface area (Å²) in [7, 11) is 0. The van der Waals surface area contributed by atoms with E-state index in [-0.39, 0.29) is 11.3 Å². The quantitative estimate of drug-likeness (QED) is 0.521. The van der Waals surface area contributed by atoms with Crippen LogP contribution in [0.2, 0.25) is 0 Å². The van der Waals surface area contributed by atoms with Crippen LogP contribution in [-0.2, 0) is 22.0 Å². The number of phenols is 1. The smallest absolute Gasteiger partial charge is 0.235 e. The molecule has 35 heavy (non-hydrogen) atoms. The minimum atomic E-state index is -0.473. The van der Waals surface area contributed by atoms with Crippen molar-refractivity contribution in [2.45, 2.75) is 50.0 Å². The molecule has 3 aromatic rings. The molecule has 1 saturated carbocycles. The zero-order chi connectivity index (χ0) is 24.2. The fourth-order valence-corrected chi connectivity index (χ4v) is 7.02. The van der Waals surface area contributed by atoms with Gasteiger partial charge in [0.2, 0.25) is 5.91 Å².